The van der Waals surface area contributed by atoms with E-state index in [1.54, 1.807) is 25.1 Å². The normalized spacial score (nSPS) is 11.5. The van der Waals surface area contributed by atoms with Gasteiger partial charge in [0.1, 0.15) is 17.3 Å². The summed E-state index contributed by atoms with van der Waals surface area (Å²) in [6, 6.07) is 25.7. The Kier molecular flexibility index (Phi) is 7.39. The van der Waals surface area contributed by atoms with Crippen LogP contribution in [0.25, 0.3) is 12.2 Å². The van der Waals surface area contributed by atoms with Crippen LogP contribution in [-0.2, 0) is 16.7 Å². The van der Waals surface area contributed by atoms with Gasteiger partial charge in [-0.3, -0.25) is 9.08 Å². The Morgan fingerprint density at radius 2 is 1.63 bits per heavy atom. The van der Waals surface area contributed by atoms with E-state index >= 15 is 0 Å². The lowest BCUT2D eigenvalue weighted by molar-refractivity contribution is 0.264. The second kappa shape index (κ2) is 10.6. The smallest absolute Gasteiger partial charge is 0.357 e. The Labute approximate surface area is 208 Å². The number of hydrogen-bond donors (Lipinski definition) is 0. The molecule has 4 rings (SSSR count). The van der Waals surface area contributed by atoms with Crippen LogP contribution in [-0.4, -0.2) is 13.1 Å². The SMILES string of the molecule is Cc1cc(C=Cc2cccc(OCc3ccccc3)c2)n(OS(=O)(=O)c2ccc(Cl)cc2)c(=O)c1. The van der Waals surface area contributed by atoms with Crippen molar-refractivity contribution in [3.05, 3.63) is 129 Å². The van der Waals surface area contributed by atoms with Crippen molar-refractivity contribution in [2.45, 2.75) is 18.4 Å². The summed E-state index contributed by atoms with van der Waals surface area (Å²) in [6.45, 7) is 2.18. The van der Waals surface area contributed by atoms with Crippen molar-refractivity contribution in [3.63, 3.8) is 0 Å². The molecule has 8 heteroatoms. The van der Waals surface area contributed by atoms with Crippen molar-refractivity contribution < 1.29 is 17.4 Å². The molecule has 0 aliphatic rings. The molecule has 0 fully saturated rings. The molecule has 0 unspecified atom stereocenters. The molecule has 6 nitrogen and oxygen atoms in total. The zero-order chi connectivity index (χ0) is 24.8. The summed E-state index contributed by atoms with van der Waals surface area (Å²) in [7, 11) is -4.26. The molecule has 0 saturated carbocycles. The number of aromatic nitrogens is 1. The molecule has 0 aliphatic carbocycles. The molecule has 3 aromatic carbocycles. The fraction of sp³-hybridized carbons (Fsp3) is 0.0741. The van der Waals surface area contributed by atoms with E-state index in [0.29, 0.717) is 22.9 Å². The second-order valence-corrected chi connectivity index (χ2v) is 9.72. The van der Waals surface area contributed by atoms with E-state index in [1.165, 1.54) is 30.3 Å². The highest BCUT2D eigenvalue weighted by atomic mass is 35.5. The summed E-state index contributed by atoms with van der Waals surface area (Å²) < 4.78 is 37.3. The van der Waals surface area contributed by atoms with Gasteiger partial charge in [-0.15, -0.1) is 4.73 Å². The molecule has 0 atom stereocenters. The number of nitrogens with zero attached hydrogens (tertiary/aromatic N) is 1. The minimum atomic E-state index is -4.26. The van der Waals surface area contributed by atoms with Crippen LogP contribution in [0.2, 0.25) is 5.02 Å². The zero-order valence-corrected chi connectivity index (χ0v) is 20.4. The number of pyridine rings is 1. The molecule has 0 aliphatic heterocycles. The van der Waals surface area contributed by atoms with Crippen LogP contribution in [0.1, 0.15) is 22.4 Å². The van der Waals surface area contributed by atoms with E-state index in [4.69, 9.17) is 20.6 Å². The van der Waals surface area contributed by atoms with Gasteiger partial charge in [-0.05, 0) is 72.2 Å². The highest BCUT2D eigenvalue weighted by Gasteiger charge is 2.19. The van der Waals surface area contributed by atoms with Crippen LogP contribution in [0.3, 0.4) is 0 Å². The molecular weight excluding hydrogens is 486 g/mol. The average molecular weight is 508 g/mol. The third-order valence-electron chi connectivity index (χ3n) is 4.99. The molecule has 1 heterocycles. The highest BCUT2D eigenvalue weighted by Crippen LogP contribution is 2.18. The van der Waals surface area contributed by atoms with Crippen LogP contribution in [0.5, 0.6) is 5.75 Å². The van der Waals surface area contributed by atoms with Crippen LogP contribution < -0.4 is 14.6 Å². The van der Waals surface area contributed by atoms with Gasteiger partial charge in [0, 0.05) is 11.1 Å². The molecule has 0 bridgehead atoms. The van der Waals surface area contributed by atoms with Gasteiger partial charge in [-0.25, -0.2) is 0 Å². The van der Waals surface area contributed by atoms with E-state index in [1.807, 2.05) is 54.6 Å². The molecule has 0 amide bonds. The zero-order valence-electron chi connectivity index (χ0n) is 18.8. The van der Waals surface area contributed by atoms with Crippen molar-refractivity contribution in [3.8, 4) is 5.75 Å². The maximum Gasteiger partial charge on any atom is 0.357 e. The maximum absolute atomic E-state index is 12.7. The molecule has 4 aromatic rings. The van der Waals surface area contributed by atoms with Crippen molar-refractivity contribution in [1.82, 2.24) is 4.73 Å². The monoisotopic (exact) mass is 507 g/mol. The molecule has 0 N–H and O–H groups in total. The van der Waals surface area contributed by atoms with E-state index in [-0.39, 0.29) is 10.6 Å². The van der Waals surface area contributed by atoms with Gasteiger partial charge in [-0.1, -0.05) is 60.1 Å². The van der Waals surface area contributed by atoms with Gasteiger partial charge in [0.2, 0.25) is 0 Å². The van der Waals surface area contributed by atoms with E-state index < -0.39 is 15.7 Å². The number of benzene rings is 3. The Balaban J connectivity index is 1.58. The number of aryl methyl sites for hydroxylation is 1. The predicted molar refractivity (Wildman–Crippen MR) is 137 cm³/mol. The first-order valence-corrected chi connectivity index (χ1v) is 12.5. The van der Waals surface area contributed by atoms with Gasteiger partial charge < -0.3 is 4.74 Å². The minimum Gasteiger partial charge on any atom is -0.489 e. The van der Waals surface area contributed by atoms with Crippen molar-refractivity contribution in [1.29, 1.82) is 0 Å². The largest absolute Gasteiger partial charge is 0.489 e. The summed E-state index contributed by atoms with van der Waals surface area (Å²) in [6.07, 6.45) is 3.36. The molecule has 35 heavy (non-hydrogen) atoms. The highest BCUT2D eigenvalue weighted by molar-refractivity contribution is 7.87. The number of halogens is 1. The van der Waals surface area contributed by atoms with Gasteiger partial charge >= 0.3 is 10.1 Å². The number of hydrogen-bond acceptors (Lipinski definition) is 5. The first-order valence-electron chi connectivity index (χ1n) is 10.7. The lowest BCUT2D eigenvalue weighted by Crippen LogP contribution is -2.32. The fourth-order valence-electron chi connectivity index (χ4n) is 3.28. The lowest BCUT2D eigenvalue weighted by Gasteiger charge is -2.12. The summed E-state index contributed by atoms with van der Waals surface area (Å²) in [4.78, 5) is 12.5. The molecular formula is C27H22ClNO5S. The van der Waals surface area contributed by atoms with Crippen LogP contribution in [0.15, 0.2) is 101 Å². The fourth-order valence-corrected chi connectivity index (χ4v) is 4.32. The molecule has 0 saturated heterocycles. The Morgan fingerprint density at radius 1 is 0.886 bits per heavy atom. The predicted octanol–water partition coefficient (Wildman–Crippen LogP) is 5.38. The van der Waals surface area contributed by atoms with Crippen LogP contribution in [0.4, 0.5) is 0 Å². The van der Waals surface area contributed by atoms with Gasteiger partial charge in [0.25, 0.3) is 5.56 Å². The van der Waals surface area contributed by atoms with Gasteiger partial charge in [0.05, 0.1) is 5.69 Å². The Bertz CT molecular complexity index is 1510. The Hall–Kier alpha value is -3.81. The first-order chi connectivity index (χ1) is 16.8. The standard InChI is InChI=1S/C27H22ClNO5S/c1-20-16-24(29(27(30)17-20)34-35(31,32)26-14-11-23(28)12-15-26)13-10-21-8-5-9-25(18-21)33-19-22-6-3-2-4-7-22/h2-18H,19H2,1H3. The minimum absolute atomic E-state index is 0.118. The number of ether oxygens (including phenoxy) is 1. The number of rotatable bonds is 8. The summed E-state index contributed by atoms with van der Waals surface area (Å²) in [5.74, 6) is 0.680. The van der Waals surface area contributed by atoms with Crippen molar-refractivity contribution in [2.75, 3.05) is 0 Å². The Morgan fingerprint density at radius 3 is 2.37 bits per heavy atom. The molecule has 178 valence electrons. The van der Waals surface area contributed by atoms with Crippen LogP contribution in [0, 0.1) is 6.92 Å². The molecule has 0 radical (unpaired) electrons. The van der Waals surface area contributed by atoms with Crippen molar-refractivity contribution >= 4 is 33.9 Å². The molecule has 1 aromatic heterocycles. The average Bonchev–Trinajstić information content (AvgIpc) is 2.84. The quantitative estimate of drug-likeness (QED) is 0.320. The maximum atomic E-state index is 12.7. The third kappa shape index (κ3) is 6.41. The second-order valence-electron chi connectivity index (χ2n) is 7.75. The lowest BCUT2D eigenvalue weighted by atomic mass is 10.1. The first kappa shape index (κ1) is 24.3. The molecule has 0 spiro atoms. The van der Waals surface area contributed by atoms with Crippen LogP contribution >= 0.6 is 11.6 Å². The van der Waals surface area contributed by atoms with E-state index in [9.17, 15) is 13.2 Å². The van der Waals surface area contributed by atoms with Gasteiger partial charge in [-0.2, -0.15) is 8.42 Å². The van der Waals surface area contributed by atoms with E-state index in [0.717, 1.165) is 15.9 Å². The van der Waals surface area contributed by atoms with E-state index in [2.05, 4.69) is 0 Å². The summed E-state index contributed by atoms with van der Waals surface area (Å²) in [5, 5.41) is 0.384. The van der Waals surface area contributed by atoms with Crippen molar-refractivity contribution in [2.24, 2.45) is 0 Å². The topological polar surface area (TPSA) is 74.6 Å². The summed E-state index contributed by atoms with van der Waals surface area (Å²) >= 11 is 5.84. The van der Waals surface area contributed by atoms with Gasteiger partial charge in [0.15, 0.2) is 0 Å². The third-order valence-corrected chi connectivity index (χ3v) is 6.44. The summed E-state index contributed by atoms with van der Waals surface area (Å²) in [5.41, 5.74) is 2.18.